The summed E-state index contributed by atoms with van der Waals surface area (Å²) in [6.07, 6.45) is 3.47. The topological polar surface area (TPSA) is 15.6 Å². The molecule has 21 heavy (non-hydrogen) atoms. The zero-order valence-electron chi connectivity index (χ0n) is 12.4. The van der Waals surface area contributed by atoms with Crippen LogP contribution in [-0.4, -0.2) is 30.1 Å². The molecule has 0 fully saturated rings. The van der Waals surface area contributed by atoms with Gasteiger partial charge >= 0.3 is 5.92 Å². The summed E-state index contributed by atoms with van der Waals surface area (Å²) in [5.41, 5.74) is 1.37. The van der Waals surface area contributed by atoms with Crippen LogP contribution >= 0.6 is 0 Å². The number of rotatable bonds is 4. The molecule has 2 nitrogen and oxygen atoms in total. The molecular weight excluding hydrogens is 270 g/mol. The molecular formula is C17H20F2N2. The van der Waals surface area contributed by atoms with E-state index in [1.807, 2.05) is 44.2 Å². The Bertz CT molecular complexity index is 561. The first-order chi connectivity index (χ1) is 9.99. The lowest BCUT2D eigenvalue weighted by Crippen LogP contribution is -2.48. The van der Waals surface area contributed by atoms with Gasteiger partial charge in [-0.3, -0.25) is 9.89 Å². The Labute approximate surface area is 124 Å². The highest BCUT2D eigenvalue weighted by Crippen LogP contribution is 2.37. The fourth-order valence-electron chi connectivity index (χ4n) is 2.69. The van der Waals surface area contributed by atoms with E-state index in [2.05, 4.69) is 11.7 Å². The van der Waals surface area contributed by atoms with Crippen LogP contribution < -0.4 is 0 Å². The number of alkyl halides is 2. The second-order valence-electron chi connectivity index (χ2n) is 5.23. The van der Waals surface area contributed by atoms with Gasteiger partial charge in [-0.2, -0.15) is 8.78 Å². The third kappa shape index (κ3) is 3.27. The smallest absolute Gasteiger partial charge is 0.286 e. The van der Waals surface area contributed by atoms with Crippen molar-refractivity contribution >= 4 is 6.72 Å². The number of allylic oxidation sites excluding steroid dienone is 1. The summed E-state index contributed by atoms with van der Waals surface area (Å²) in [5, 5.41) is 0. The van der Waals surface area contributed by atoms with Gasteiger partial charge in [0.2, 0.25) is 0 Å². The molecule has 1 aliphatic heterocycles. The van der Waals surface area contributed by atoms with Gasteiger partial charge in [0.15, 0.2) is 0 Å². The SMILES string of the molecule is C=NC1=C(/C=C\C)C(C)N(Cc2ccccc2)CC1(F)F. The van der Waals surface area contributed by atoms with Crippen molar-refractivity contribution in [2.75, 3.05) is 6.54 Å². The minimum atomic E-state index is -2.97. The van der Waals surface area contributed by atoms with Crippen LogP contribution in [-0.2, 0) is 6.54 Å². The van der Waals surface area contributed by atoms with E-state index in [0.717, 1.165) is 5.56 Å². The number of aliphatic imine (C=N–C) groups is 1. The van der Waals surface area contributed by atoms with Crippen LogP contribution in [0.4, 0.5) is 8.78 Å². The molecule has 1 aromatic rings. The van der Waals surface area contributed by atoms with Gasteiger partial charge < -0.3 is 0 Å². The molecule has 1 aromatic carbocycles. The Balaban J connectivity index is 2.35. The lowest BCUT2D eigenvalue weighted by molar-refractivity contribution is -0.0215. The molecule has 0 aliphatic carbocycles. The minimum absolute atomic E-state index is 0.124. The summed E-state index contributed by atoms with van der Waals surface area (Å²) in [4.78, 5) is 5.37. The summed E-state index contributed by atoms with van der Waals surface area (Å²) in [5.74, 6) is -2.97. The van der Waals surface area contributed by atoms with Gasteiger partial charge in [0.05, 0.1) is 6.54 Å². The number of benzene rings is 1. The van der Waals surface area contributed by atoms with Crippen molar-refractivity contribution in [2.24, 2.45) is 4.99 Å². The molecule has 1 heterocycles. The number of hydrogen-bond donors (Lipinski definition) is 0. The predicted molar refractivity (Wildman–Crippen MR) is 82.7 cm³/mol. The van der Waals surface area contributed by atoms with Crippen molar-refractivity contribution in [3.05, 3.63) is 59.3 Å². The standard InChI is InChI=1S/C17H20F2N2/c1-4-8-15-13(2)21(11-14-9-6-5-7-10-14)12-17(18,19)16(15)20-3/h4-10,13H,3,11-12H2,1-2H3/b8-4-. The van der Waals surface area contributed by atoms with Crippen molar-refractivity contribution in [2.45, 2.75) is 32.4 Å². The Kier molecular flexibility index (Phi) is 4.68. The zero-order chi connectivity index (χ0) is 15.5. The van der Waals surface area contributed by atoms with Crippen LogP contribution in [0.5, 0.6) is 0 Å². The van der Waals surface area contributed by atoms with Gasteiger partial charge in [0, 0.05) is 12.6 Å². The molecule has 0 bridgehead atoms. The quantitative estimate of drug-likeness (QED) is 0.764. The van der Waals surface area contributed by atoms with Crippen LogP contribution in [0.25, 0.3) is 0 Å². The molecule has 0 amide bonds. The van der Waals surface area contributed by atoms with Crippen molar-refractivity contribution in [1.82, 2.24) is 4.90 Å². The largest absolute Gasteiger partial charge is 0.302 e. The van der Waals surface area contributed by atoms with Crippen molar-refractivity contribution in [1.29, 1.82) is 0 Å². The molecule has 0 radical (unpaired) electrons. The first-order valence-corrected chi connectivity index (χ1v) is 6.99. The predicted octanol–water partition coefficient (Wildman–Crippen LogP) is 4.06. The van der Waals surface area contributed by atoms with Gasteiger partial charge in [0.25, 0.3) is 0 Å². The monoisotopic (exact) mass is 290 g/mol. The third-order valence-electron chi connectivity index (χ3n) is 3.75. The highest BCUT2D eigenvalue weighted by molar-refractivity contribution is 5.42. The summed E-state index contributed by atoms with van der Waals surface area (Å²) < 4.78 is 28.6. The van der Waals surface area contributed by atoms with E-state index < -0.39 is 5.92 Å². The van der Waals surface area contributed by atoms with Crippen LogP contribution in [0.15, 0.2) is 58.7 Å². The van der Waals surface area contributed by atoms with Gasteiger partial charge in [-0.15, -0.1) is 0 Å². The highest BCUT2D eigenvalue weighted by atomic mass is 19.3. The first-order valence-electron chi connectivity index (χ1n) is 6.99. The molecule has 1 atom stereocenters. The normalized spacial score (nSPS) is 22.8. The second-order valence-corrected chi connectivity index (χ2v) is 5.23. The molecule has 4 heteroatoms. The second kappa shape index (κ2) is 6.31. The van der Waals surface area contributed by atoms with Crippen molar-refractivity contribution < 1.29 is 8.78 Å². The van der Waals surface area contributed by atoms with Gasteiger partial charge in [-0.25, -0.2) is 0 Å². The van der Waals surface area contributed by atoms with Crippen LogP contribution in [0, 0.1) is 0 Å². The van der Waals surface area contributed by atoms with Crippen LogP contribution in [0.3, 0.4) is 0 Å². The Morgan fingerprint density at radius 2 is 2.05 bits per heavy atom. The number of halogens is 2. The van der Waals surface area contributed by atoms with E-state index in [4.69, 9.17) is 0 Å². The molecule has 0 saturated heterocycles. The third-order valence-corrected chi connectivity index (χ3v) is 3.75. The maximum absolute atomic E-state index is 14.3. The lowest BCUT2D eigenvalue weighted by atomic mass is 9.94. The van der Waals surface area contributed by atoms with Gasteiger partial charge in [-0.05, 0) is 31.7 Å². The minimum Gasteiger partial charge on any atom is -0.286 e. The van der Waals surface area contributed by atoms with E-state index in [1.165, 1.54) is 0 Å². The Morgan fingerprint density at radius 3 is 2.62 bits per heavy atom. The average molecular weight is 290 g/mol. The van der Waals surface area contributed by atoms with E-state index in [0.29, 0.717) is 12.1 Å². The number of nitrogens with zero attached hydrogens (tertiary/aromatic N) is 2. The maximum atomic E-state index is 14.3. The van der Waals surface area contributed by atoms with E-state index in [9.17, 15) is 8.78 Å². The summed E-state index contributed by atoms with van der Waals surface area (Å²) >= 11 is 0. The van der Waals surface area contributed by atoms with Crippen LogP contribution in [0.2, 0.25) is 0 Å². The van der Waals surface area contributed by atoms with Gasteiger partial charge in [0.1, 0.15) is 5.70 Å². The molecule has 0 N–H and O–H groups in total. The summed E-state index contributed by atoms with van der Waals surface area (Å²) in [6.45, 7) is 7.21. The maximum Gasteiger partial charge on any atom is 0.302 e. The average Bonchev–Trinajstić information content (AvgIpc) is 2.45. The highest BCUT2D eigenvalue weighted by Gasteiger charge is 2.44. The van der Waals surface area contributed by atoms with E-state index >= 15 is 0 Å². The number of hydrogen-bond acceptors (Lipinski definition) is 2. The zero-order valence-corrected chi connectivity index (χ0v) is 12.4. The van der Waals surface area contributed by atoms with Gasteiger partial charge in [-0.1, -0.05) is 42.5 Å². The fourth-order valence-corrected chi connectivity index (χ4v) is 2.69. The molecule has 0 aromatic heterocycles. The van der Waals surface area contributed by atoms with Crippen molar-refractivity contribution in [3.63, 3.8) is 0 Å². The fraction of sp³-hybridized carbons (Fsp3) is 0.353. The summed E-state index contributed by atoms with van der Waals surface area (Å²) in [6, 6.07) is 9.53. The Hall–Kier alpha value is -1.81. The molecule has 0 saturated carbocycles. The summed E-state index contributed by atoms with van der Waals surface area (Å²) in [7, 11) is 0. The van der Waals surface area contributed by atoms with Crippen LogP contribution in [0.1, 0.15) is 19.4 Å². The lowest BCUT2D eigenvalue weighted by Gasteiger charge is -2.39. The molecule has 112 valence electrons. The molecule has 2 rings (SSSR count). The van der Waals surface area contributed by atoms with Crippen molar-refractivity contribution in [3.8, 4) is 0 Å². The Morgan fingerprint density at radius 1 is 1.38 bits per heavy atom. The molecule has 1 aliphatic rings. The molecule has 0 spiro atoms. The van der Waals surface area contributed by atoms with E-state index in [-0.39, 0.29) is 18.3 Å². The molecule has 1 unspecified atom stereocenters. The van der Waals surface area contributed by atoms with E-state index in [1.54, 1.807) is 17.1 Å². The first kappa shape index (κ1) is 15.6.